The van der Waals surface area contributed by atoms with E-state index < -0.39 is 42.9 Å². The minimum absolute atomic E-state index is 0.110. The first kappa shape index (κ1) is 15.8. The Morgan fingerprint density at radius 1 is 1.18 bits per heavy atom. The van der Waals surface area contributed by atoms with Crippen molar-refractivity contribution >= 4 is 21.4 Å². The third kappa shape index (κ3) is 3.03. The molecule has 2 aromatic rings. The molecular weight excluding hydrogens is 318 g/mol. The van der Waals surface area contributed by atoms with Crippen molar-refractivity contribution in [2.24, 2.45) is 0 Å². The predicted molar refractivity (Wildman–Crippen MR) is 75.0 cm³/mol. The largest absolute Gasteiger partial charge is 0.290 e. The lowest BCUT2D eigenvalue weighted by Crippen LogP contribution is -2.17. The molecule has 0 aromatic heterocycles. The van der Waals surface area contributed by atoms with Gasteiger partial charge in [-0.3, -0.25) is 14.8 Å². The quantitative estimate of drug-likeness (QED) is 0.690. The van der Waals surface area contributed by atoms with Crippen LogP contribution in [0.4, 0.5) is 20.2 Å². The Kier molecular flexibility index (Phi) is 4.09. The molecule has 0 heterocycles. The van der Waals surface area contributed by atoms with Crippen molar-refractivity contribution in [1.82, 2.24) is 0 Å². The summed E-state index contributed by atoms with van der Waals surface area (Å²) in [5.74, 6) is -1.85. The lowest BCUT2D eigenvalue weighted by atomic mass is 10.2. The van der Waals surface area contributed by atoms with E-state index in [1.54, 1.807) is 0 Å². The standard InChI is InChI=1S/C13H10F2N2O4S/c1-8-3-2-4-12(17(18)19)13(8)22(20,21)16-11-7-9(14)5-6-10(11)15/h2-7,16H,1H3. The van der Waals surface area contributed by atoms with Crippen molar-refractivity contribution < 1.29 is 22.1 Å². The van der Waals surface area contributed by atoms with E-state index in [2.05, 4.69) is 0 Å². The summed E-state index contributed by atoms with van der Waals surface area (Å²) in [6.07, 6.45) is 0. The molecule has 2 aromatic carbocycles. The minimum atomic E-state index is -4.46. The summed E-state index contributed by atoms with van der Waals surface area (Å²) in [6, 6.07) is 5.93. The monoisotopic (exact) mass is 328 g/mol. The maximum absolute atomic E-state index is 13.5. The first-order chi connectivity index (χ1) is 10.2. The lowest BCUT2D eigenvalue weighted by molar-refractivity contribution is -0.387. The summed E-state index contributed by atoms with van der Waals surface area (Å²) in [5, 5.41) is 11.0. The van der Waals surface area contributed by atoms with E-state index in [0.717, 1.165) is 18.2 Å². The van der Waals surface area contributed by atoms with Gasteiger partial charge in [-0.2, -0.15) is 0 Å². The molecule has 0 fully saturated rings. The van der Waals surface area contributed by atoms with Crippen LogP contribution in [0.5, 0.6) is 0 Å². The number of aryl methyl sites for hydroxylation is 1. The molecule has 0 aliphatic heterocycles. The molecule has 0 spiro atoms. The van der Waals surface area contributed by atoms with Gasteiger partial charge < -0.3 is 0 Å². The molecule has 0 atom stereocenters. The molecule has 22 heavy (non-hydrogen) atoms. The topological polar surface area (TPSA) is 89.3 Å². The van der Waals surface area contributed by atoms with E-state index in [4.69, 9.17) is 0 Å². The molecule has 0 bridgehead atoms. The van der Waals surface area contributed by atoms with Crippen LogP contribution in [-0.2, 0) is 10.0 Å². The van der Waals surface area contributed by atoms with Crippen LogP contribution in [0.2, 0.25) is 0 Å². The molecule has 0 saturated carbocycles. The number of sulfonamides is 1. The predicted octanol–water partition coefficient (Wildman–Crippen LogP) is 2.98. The third-order valence-electron chi connectivity index (χ3n) is 2.83. The zero-order valence-corrected chi connectivity index (χ0v) is 12.0. The lowest BCUT2D eigenvalue weighted by Gasteiger charge is -2.11. The highest BCUT2D eigenvalue weighted by Crippen LogP contribution is 2.29. The summed E-state index contributed by atoms with van der Waals surface area (Å²) < 4.78 is 53.1. The molecule has 0 aliphatic rings. The molecule has 6 nitrogen and oxygen atoms in total. The summed E-state index contributed by atoms with van der Waals surface area (Å²) in [6.45, 7) is 1.36. The fraction of sp³-hybridized carbons (Fsp3) is 0.0769. The molecule has 0 radical (unpaired) electrons. The first-order valence-corrected chi connectivity index (χ1v) is 7.42. The molecule has 2 rings (SSSR count). The smallest absolute Gasteiger partial charge is 0.276 e. The zero-order chi connectivity index (χ0) is 16.5. The van der Waals surface area contributed by atoms with E-state index in [1.807, 2.05) is 4.72 Å². The highest BCUT2D eigenvalue weighted by molar-refractivity contribution is 7.93. The van der Waals surface area contributed by atoms with Crippen molar-refractivity contribution in [2.45, 2.75) is 11.8 Å². The van der Waals surface area contributed by atoms with Crippen molar-refractivity contribution in [1.29, 1.82) is 0 Å². The Morgan fingerprint density at radius 2 is 1.86 bits per heavy atom. The Balaban J connectivity index is 2.57. The van der Waals surface area contributed by atoms with Crippen molar-refractivity contribution in [2.75, 3.05) is 4.72 Å². The van der Waals surface area contributed by atoms with E-state index in [0.29, 0.717) is 6.07 Å². The molecule has 0 aliphatic carbocycles. The number of anilines is 1. The highest BCUT2D eigenvalue weighted by atomic mass is 32.2. The van der Waals surface area contributed by atoms with Gasteiger partial charge in [0.25, 0.3) is 15.7 Å². The first-order valence-electron chi connectivity index (χ1n) is 5.94. The Labute approximate surface area is 124 Å². The van der Waals surface area contributed by atoms with Crippen molar-refractivity contribution in [3.8, 4) is 0 Å². The van der Waals surface area contributed by atoms with Crippen LogP contribution in [0.25, 0.3) is 0 Å². The summed E-state index contributed by atoms with van der Waals surface area (Å²) in [4.78, 5) is 9.52. The van der Waals surface area contributed by atoms with Crippen LogP contribution < -0.4 is 4.72 Å². The van der Waals surface area contributed by atoms with Crippen molar-refractivity contribution in [3.63, 3.8) is 0 Å². The number of nitrogens with zero attached hydrogens (tertiary/aromatic N) is 1. The van der Waals surface area contributed by atoms with Gasteiger partial charge in [0.15, 0.2) is 4.90 Å². The van der Waals surface area contributed by atoms with Crippen LogP contribution in [0.3, 0.4) is 0 Å². The number of benzene rings is 2. The van der Waals surface area contributed by atoms with Gasteiger partial charge in [-0.15, -0.1) is 0 Å². The van der Waals surface area contributed by atoms with Crippen LogP contribution in [-0.4, -0.2) is 13.3 Å². The maximum atomic E-state index is 13.5. The number of nitro groups is 1. The van der Waals surface area contributed by atoms with Crippen molar-refractivity contribution in [3.05, 3.63) is 63.7 Å². The molecule has 0 unspecified atom stereocenters. The van der Waals surface area contributed by atoms with Crippen LogP contribution >= 0.6 is 0 Å². The van der Waals surface area contributed by atoms with Gasteiger partial charge in [0.1, 0.15) is 11.6 Å². The van der Waals surface area contributed by atoms with Gasteiger partial charge in [-0.25, -0.2) is 17.2 Å². The number of hydrogen-bond acceptors (Lipinski definition) is 4. The molecule has 0 amide bonds. The van der Waals surface area contributed by atoms with Crippen LogP contribution in [0.1, 0.15) is 5.56 Å². The number of nitro benzene ring substituents is 1. The Morgan fingerprint density at radius 3 is 2.50 bits per heavy atom. The molecular formula is C13H10F2N2O4S. The molecule has 1 N–H and O–H groups in total. The normalized spacial score (nSPS) is 11.2. The average molecular weight is 328 g/mol. The molecule has 116 valence electrons. The second-order valence-corrected chi connectivity index (χ2v) is 6.03. The van der Waals surface area contributed by atoms with Crippen LogP contribution in [0, 0.1) is 28.7 Å². The van der Waals surface area contributed by atoms with Gasteiger partial charge in [-0.1, -0.05) is 12.1 Å². The van der Waals surface area contributed by atoms with Gasteiger partial charge in [0, 0.05) is 12.1 Å². The number of nitrogens with one attached hydrogen (secondary N) is 1. The van der Waals surface area contributed by atoms with E-state index in [1.165, 1.54) is 19.1 Å². The molecule has 9 heteroatoms. The van der Waals surface area contributed by atoms with E-state index >= 15 is 0 Å². The van der Waals surface area contributed by atoms with Crippen LogP contribution in [0.15, 0.2) is 41.3 Å². The second kappa shape index (κ2) is 5.68. The highest BCUT2D eigenvalue weighted by Gasteiger charge is 2.28. The maximum Gasteiger partial charge on any atom is 0.290 e. The third-order valence-corrected chi connectivity index (χ3v) is 4.39. The van der Waals surface area contributed by atoms with E-state index in [9.17, 15) is 27.3 Å². The summed E-state index contributed by atoms with van der Waals surface area (Å²) >= 11 is 0. The average Bonchev–Trinajstić information content (AvgIpc) is 2.42. The number of rotatable bonds is 4. The minimum Gasteiger partial charge on any atom is -0.276 e. The Bertz CT molecular complexity index is 853. The number of halogens is 2. The fourth-order valence-electron chi connectivity index (χ4n) is 1.90. The summed E-state index contributed by atoms with van der Waals surface area (Å²) in [5.41, 5.74) is -1.17. The summed E-state index contributed by atoms with van der Waals surface area (Å²) in [7, 11) is -4.46. The zero-order valence-electron chi connectivity index (χ0n) is 11.2. The van der Waals surface area contributed by atoms with Gasteiger partial charge in [0.2, 0.25) is 0 Å². The van der Waals surface area contributed by atoms with Gasteiger partial charge >= 0.3 is 0 Å². The number of hydrogen-bond donors (Lipinski definition) is 1. The second-order valence-electron chi connectivity index (χ2n) is 4.41. The fourth-order valence-corrected chi connectivity index (χ4v) is 3.36. The molecule has 0 saturated heterocycles. The SMILES string of the molecule is Cc1cccc([N+](=O)[O-])c1S(=O)(=O)Nc1cc(F)ccc1F. The van der Waals surface area contributed by atoms with Gasteiger partial charge in [-0.05, 0) is 24.6 Å². The Hall–Kier alpha value is -2.55. The van der Waals surface area contributed by atoms with E-state index in [-0.39, 0.29) is 5.56 Å². The van der Waals surface area contributed by atoms with Gasteiger partial charge in [0.05, 0.1) is 10.6 Å².